The number of likely N-dealkylation sites (N-methyl/N-ethyl adjacent to an activating group) is 1. The highest BCUT2D eigenvalue weighted by Gasteiger charge is 2.35. The number of aromatic amines is 1. The van der Waals surface area contributed by atoms with Gasteiger partial charge in [-0.05, 0) is 38.8 Å². The lowest BCUT2D eigenvalue weighted by atomic mass is 10.1. The largest absolute Gasteiger partial charge is 0.351 e. The highest BCUT2D eigenvalue weighted by molar-refractivity contribution is 5.96. The van der Waals surface area contributed by atoms with Crippen LogP contribution >= 0.6 is 0 Å². The predicted octanol–water partition coefficient (Wildman–Crippen LogP) is 1.65. The Balaban J connectivity index is 1.38. The second-order valence-electron chi connectivity index (χ2n) is 6.87. The van der Waals surface area contributed by atoms with E-state index in [1.54, 1.807) is 0 Å². The first-order valence-electron chi connectivity index (χ1n) is 8.42. The molecule has 1 amide bonds. The van der Waals surface area contributed by atoms with Crippen molar-refractivity contribution in [2.75, 3.05) is 25.0 Å². The molecule has 0 atom stereocenters. The number of rotatable bonds is 4. The number of amides is 1. The first kappa shape index (κ1) is 15.1. The number of aromatic nitrogens is 4. The first-order valence-corrected chi connectivity index (χ1v) is 8.42. The fourth-order valence-corrected chi connectivity index (χ4v) is 3.20. The molecule has 126 valence electrons. The van der Waals surface area contributed by atoms with Crippen molar-refractivity contribution >= 4 is 11.7 Å². The molecule has 1 saturated carbocycles. The maximum atomic E-state index is 12.7. The molecule has 1 aliphatic heterocycles. The van der Waals surface area contributed by atoms with Gasteiger partial charge in [0.1, 0.15) is 0 Å². The Morgan fingerprint density at radius 1 is 1.25 bits per heavy atom. The average Bonchev–Trinajstić information content (AvgIpc) is 3.32. The molecule has 0 bridgehead atoms. The van der Waals surface area contributed by atoms with Crippen LogP contribution in [0.3, 0.4) is 0 Å². The van der Waals surface area contributed by atoms with E-state index >= 15 is 0 Å². The van der Waals surface area contributed by atoms with E-state index in [1.807, 2.05) is 31.9 Å². The van der Waals surface area contributed by atoms with Gasteiger partial charge in [0.05, 0.1) is 23.0 Å². The van der Waals surface area contributed by atoms with Crippen LogP contribution in [-0.4, -0.2) is 57.4 Å². The summed E-state index contributed by atoms with van der Waals surface area (Å²) < 4.78 is 0. The van der Waals surface area contributed by atoms with Gasteiger partial charge in [-0.1, -0.05) is 0 Å². The van der Waals surface area contributed by atoms with Gasteiger partial charge in [-0.3, -0.25) is 9.89 Å². The number of hydrogen-bond acceptors (Lipinski definition) is 5. The summed E-state index contributed by atoms with van der Waals surface area (Å²) in [7, 11) is 1.86. The average molecular weight is 326 g/mol. The van der Waals surface area contributed by atoms with E-state index in [1.165, 1.54) is 12.8 Å². The molecule has 0 radical (unpaired) electrons. The van der Waals surface area contributed by atoms with Crippen LogP contribution in [-0.2, 0) is 0 Å². The highest BCUT2D eigenvalue weighted by atomic mass is 16.2. The minimum atomic E-state index is 0.0264. The number of nitrogens with zero attached hydrogens (tertiary/aromatic N) is 5. The summed E-state index contributed by atoms with van der Waals surface area (Å²) in [6.07, 6.45) is 2.47. The molecule has 2 fully saturated rings. The summed E-state index contributed by atoms with van der Waals surface area (Å²) in [4.78, 5) is 16.6. The summed E-state index contributed by atoms with van der Waals surface area (Å²) in [5, 5.41) is 15.7. The van der Waals surface area contributed by atoms with Crippen molar-refractivity contribution in [3.05, 3.63) is 34.8 Å². The molecule has 1 saturated heterocycles. The number of anilines is 1. The van der Waals surface area contributed by atoms with Crippen LogP contribution in [0.4, 0.5) is 5.82 Å². The Morgan fingerprint density at radius 3 is 2.54 bits per heavy atom. The molecule has 0 unspecified atom stereocenters. The zero-order valence-corrected chi connectivity index (χ0v) is 14.3. The van der Waals surface area contributed by atoms with Crippen molar-refractivity contribution in [2.24, 2.45) is 0 Å². The number of carbonyl (C=O) groups excluding carboxylic acids is 1. The topological polar surface area (TPSA) is 78.0 Å². The van der Waals surface area contributed by atoms with E-state index in [0.717, 1.165) is 36.0 Å². The van der Waals surface area contributed by atoms with Crippen LogP contribution < -0.4 is 4.90 Å². The van der Waals surface area contributed by atoms with Crippen LogP contribution in [0, 0.1) is 13.8 Å². The maximum Gasteiger partial charge on any atom is 0.257 e. The monoisotopic (exact) mass is 326 g/mol. The Labute approximate surface area is 141 Å². The van der Waals surface area contributed by atoms with Crippen LogP contribution in [0.5, 0.6) is 0 Å². The molecule has 24 heavy (non-hydrogen) atoms. The van der Waals surface area contributed by atoms with Crippen LogP contribution in [0.1, 0.15) is 46.2 Å². The number of H-pyrrole nitrogens is 1. The molecule has 2 aromatic rings. The zero-order valence-electron chi connectivity index (χ0n) is 14.3. The van der Waals surface area contributed by atoms with Crippen molar-refractivity contribution in [1.29, 1.82) is 0 Å². The maximum absolute atomic E-state index is 12.7. The van der Waals surface area contributed by atoms with Crippen LogP contribution in [0.25, 0.3) is 0 Å². The lowest BCUT2D eigenvalue weighted by Gasteiger charge is -2.44. The molecule has 7 nitrogen and oxygen atoms in total. The molecular weight excluding hydrogens is 304 g/mol. The number of hydrogen-bond donors (Lipinski definition) is 1. The van der Waals surface area contributed by atoms with Gasteiger partial charge in [0.25, 0.3) is 5.91 Å². The lowest BCUT2D eigenvalue weighted by Crippen LogP contribution is -2.60. The van der Waals surface area contributed by atoms with Crippen molar-refractivity contribution in [1.82, 2.24) is 25.3 Å². The van der Waals surface area contributed by atoms with Gasteiger partial charge < -0.3 is 9.80 Å². The Bertz CT molecular complexity index is 738. The van der Waals surface area contributed by atoms with Gasteiger partial charge in [-0.15, -0.1) is 5.10 Å². The highest BCUT2D eigenvalue weighted by Crippen LogP contribution is 2.38. The molecule has 4 rings (SSSR count). The van der Waals surface area contributed by atoms with Gasteiger partial charge >= 0.3 is 0 Å². The van der Waals surface area contributed by atoms with Crippen molar-refractivity contribution < 1.29 is 4.79 Å². The fourth-order valence-electron chi connectivity index (χ4n) is 3.20. The molecular formula is C17H22N6O. The van der Waals surface area contributed by atoms with E-state index in [0.29, 0.717) is 11.5 Å². The Kier molecular flexibility index (Phi) is 3.51. The molecule has 2 aliphatic rings. The minimum Gasteiger partial charge on any atom is -0.351 e. The van der Waals surface area contributed by atoms with Gasteiger partial charge in [0.2, 0.25) is 0 Å². The summed E-state index contributed by atoms with van der Waals surface area (Å²) in [6.45, 7) is 5.31. The van der Waals surface area contributed by atoms with Crippen molar-refractivity contribution in [3.63, 3.8) is 0 Å². The zero-order chi connectivity index (χ0) is 16.8. The molecule has 0 spiro atoms. The third kappa shape index (κ3) is 2.53. The third-order valence-corrected chi connectivity index (χ3v) is 5.06. The van der Waals surface area contributed by atoms with E-state index in [4.69, 9.17) is 0 Å². The normalized spacial score (nSPS) is 17.7. The lowest BCUT2D eigenvalue weighted by molar-refractivity contribution is 0.0703. The van der Waals surface area contributed by atoms with Gasteiger partial charge in [0.15, 0.2) is 5.82 Å². The third-order valence-electron chi connectivity index (χ3n) is 5.06. The standard InChI is InChI=1S/C17H22N6O/c1-10-16(11(2)19-18-10)17(24)22(3)13-8-23(9-13)15-7-6-14(20-21-15)12-4-5-12/h6-7,12-13H,4-5,8-9H2,1-3H3,(H,18,19). The molecule has 0 aromatic carbocycles. The fraction of sp³-hybridized carbons (Fsp3) is 0.529. The summed E-state index contributed by atoms with van der Waals surface area (Å²) >= 11 is 0. The predicted molar refractivity (Wildman–Crippen MR) is 90.2 cm³/mol. The van der Waals surface area contributed by atoms with Gasteiger partial charge in [-0.25, -0.2) is 0 Å². The molecule has 2 aromatic heterocycles. The summed E-state index contributed by atoms with van der Waals surface area (Å²) in [6, 6.07) is 4.32. The van der Waals surface area contributed by atoms with Crippen LogP contribution in [0.2, 0.25) is 0 Å². The van der Waals surface area contributed by atoms with Gasteiger partial charge in [-0.2, -0.15) is 10.2 Å². The SMILES string of the molecule is Cc1n[nH]c(C)c1C(=O)N(C)C1CN(c2ccc(C3CC3)nn2)C1. The van der Waals surface area contributed by atoms with E-state index in [9.17, 15) is 4.79 Å². The van der Waals surface area contributed by atoms with Crippen LogP contribution in [0.15, 0.2) is 12.1 Å². The number of carbonyl (C=O) groups is 1. The minimum absolute atomic E-state index is 0.0264. The number of nitrogens with one attached hydrogen (secondary N) is 1. The van der Waals surface area contributed by atoms with Crippen molar-refractivity contribution in [3.8, 4) is 0 Å². The Hall–Kier alpha value is -2.44. The second kappa shape index (κ2) is 5.58. The smallest absolute Gasteiger partial charge is 0.257 e. The molecule has 3 heterocycles. The van der Waals surface area contributed by atoms with E-state index < -0.39 is 0 Å². The number of aryl methyl sites for hydroxylation is 2. The second-order valence-corrected chi connectivity index (χ2v) is 6.87. The summed E-state index contributed by atoms with van der Waals surface area (Å²) in [5.41, 5.74) is 3.36. The van der Waals surface area contributed by atoms with E-state index in [-0.39, 0.29) is 11.9 Å². The molecule has 1 aliphatic carbocycles. The van der Waals surface area contributed by atoms with Gasteiger partial charge in [0, 0.05) is 31.7 Å². The summed E-state index contributed by atoms with van der Waals surface area (Å²) in [5.74, 6) is 1.55. The molecule has 7 heteroatoms. The Morgan fingerprint density at radius 2 is 2.00 bits per heavy atom. The van der Waals surface area contributed by atoms with Crippen molar-refractivity contribution in [2.45, 2.75) is 38.6 Å². The molecule has 1 N–H and O–H groups in total. The first-order chi connectivity index (χ1) is 11.5. The van der Waals surface area contributed by atoms with E-state index in [2.05, 4.69) is 31.4 Å². The quantitative estimate of drug-likeness (QED) is 0.924.